The lowest BCUT2D eigenvalue weighted by Gasteiger charge is -2.02. The van der Waals surface area contributed by atoms with Gasteiger partial charge >= 0.3 is 0 Å². The van der Waals surface area contributed by atoms with E-state index in [0.717, 1.165) is 33.0 Å². The molecule has 2 aromatic heterocycles. The Morgan fingerprint density at radius 2 is 1.87 bits per heavy atom. The van der Waals surface area contributed by atoms with E-state index >= 15 is 0 Å². The Labute approximate surface area is 184 Å². The summed E-state index contributed by atoms with van der Waals surface area (Å²) in [6.45, 7) is 5.81. The number of halogens is 1. The molecule has 0 unspecified atom stereocenters. The van der Waals surface area contributed by atoms with Crippen molar-refractivity contribution in [2.75, 3.05) is 5.32 Å². The first-order valence-electron chi connectivity index (χ1n) is 9.57. The van der Waals surface area contributed by atoms with Gasteiger partial charge in [0.05, 0.1) is 5.56 Å². The van der Waals surface area contributed by atoms with Crippen molar-refractivity contribution in [3.8, 4) is 11.3 Å². The lowest BCUT2D eigenvalue weighted by molar-refractivity contribution is 0.102. The molecule has 6 heteroatoms. The molecule has 0 spiro atoms. The molecule has 0 atom stereocenters. The van der Waals surface area contributed by atoms with Gasteiger partial charge in [0.25, 0.3) is 5.91 Å². The predicted molar refractivity (Wildman–Crippen MR) is 123 cm³/mol. The van der Waals surface area contributed by atoms with E-state index in [-0.39, 0.29) is 5.91 Å². The standard InChI is InChI=1S/C24H21ClN2O2S/c1-14-4-8-18(9-5-14)22-12-20(16(3)29-22)23(28)27-24-26-13-19(30-24)10-17-7-6-15(2)21(25)11-17/h4-9,11-13H,10H2,1-3H3,(H,26,27,28). The van der Waals surface area contributed by atoms with Gasteiger partial charge in [0.15, 0.2) is 5.13 Å². The van der Waals surface area contributed by atoms with Crippen molar-refractivity contribution in [1.82, 2.24) is 4.98 Å². The second-order valence-corrected chi connectivity index (χ2v) is 8.82. The van der Waals surface area contributed by atoms with Crippen LogP contribution < -0.4 is 5.32 Å². The van der Waals surface area contributed by atoms with Crippen molar-refractivity contribution >= 4 is 34.0 Å². The number of carbonyl (C=O) groups is 1. The number of anilines is 1. The van der Waals surface area contributed by atoms with Crippen LogP contribution in [0.1, 0.15) is 37.7 Å². The molecule has 2 heterocycles. The van der Waals surface area contributed by atoms with Crippen LogP contribution in [0.25, 0.3) is 11.3 Å². The van der Waals surface area contributed by atoms with Crippen molar-refractivity contribution in [3.05, 3.63) is 92.6 Å². The number of aryl methyl sites for hydroxylation is 3. The first-order valence-corrected chi connectivity index (χ1v) is 10.8. The van der Waals surface area contributed by atoms with Crippen molar-refractivity contribution in [1.29, 1.82) is 0 Å². The van der Waals surface area contributed by atoms with E-state index in [0.29, 0.717) is 22.2 Å². The molecule has 2 aromatic carbocycles. The maximum Gasteiger partial charge on any atom is 0.261 e. The number of hydrogen-bond acceptors (Lipinski definition) is 4. The molecule has 0 fully saturated rings. The number of thiazole rings is 1. The van der Waals surface area contributed by atoms with Crippen LogP contribution in [0.15, 0.2) is 59.1 Å². The SMILES string of the molecule is Cc1ccc(-c2cc(C(=O)Nc3ncc(Cc4ccc(C)c(Cl)c4)s3)c(C)o2)cc1. The lowest BCUT2D eigenvalue weighted by atomic mass is 10.1. The van der Waals surface area contributed by atoms with Crippen LogP contribution in [0.2, 0.25) is 5.02 Å². The van der Waals surface area contributed by atoms with Crippen LogP contribution in [-0.2, 0) is 6.42 Å². The van der Waals surface area contributed by atoms with Crippen LogP contribution in [0.4, 0.5) is 5.13 Å². The zero-order valence-corrected chi connectivity index (χ0v) is 18.5. The van der Waals surface area contributed by atoms with Crippen LogP contribution in [0, 0.1) is 20.8 Å². The molecule has 0 aliphatic heterocycles. The molecule has 0 saturated carbocycles. The molecular weight excluding hydrogens is 416 g/mol. The first-order chi connectivity index (χ1) is 14.4. The molecule has 1 amide bonds. The molecule has 0 saturated heterocycles. The van der Waals surface area contributed by atoms with Gasteiger partial charge in [-0.25, -0.2) is 4.98 Å². The van der Waals surface area contributed by atoms with Gasteiger partial charge < -0.3 is 4.42 Å². The molecule has 0 bridgehead atoms. The second kappa shape index (κ2) is 8.46. The van der Waals surface area contributed by atoms with E-state index in [9.17, 15) is 4.79 Å². The van der Waals surface area contributed by atoms with Gasteiger partial charge in [0.1, 0.15) is 11.5 Å². The van der Waals surface area contributed by atoms with E-state index in [1.165, 1.54) is 16.9 Å². The summed E-state index contributed by atoms with van der Waals surface area (Å²) in [5, 5.41) is 4.20. The largest absolute Gasteiger partial charge is 0.461 e. The van der Waals surface area contributed by atoms with E-state index in [1.54, 1.807) is 19.2 Å². The summed E-state index contributed by atoms with van der Waals surface area (Å²) in [6.07, 6.45) is 2.50. The molecule has 0 aliphatic carbocycles. The third-order valence-corrected chi connectivity index (χ3v) is 6.21. The normalized spacial score (nSPS) is 10.9. The Morgan fingerprint density at radius 1 is 1.10 bits per heavy atom. The highest BCUT2D eigenvalue weighted by Crippen LogP contribution is 2.28. The van der Waals surface area contributed by atoms with Crippen molar-refractivity contribution < 1.29 is 9.21 Å². The van der Waals surface area contributed by atoms with Gasteiger partial charge in [-0.15, -0.1) is 11.3 Å². The molecule has 0 radical (unpaired) electrons. The monoisotopic (exact) mass is 436 g/mol. The van der Waals surface area contributed by atoms with Crippen LogP contribution in [0.5, 0.6) is 0 Å². The predicted octanol–water partition coefficient (Wildman–Crippen LogP) is 6.82. The van der Waals surface area contributed by atoms with Crippen LogP contribution in [-0.4, -0.2) is 10.9 Å². The number of hydrogen-bond donors (Lipinski definition) is 1. The number of amides is 1. The Balaban J connectivity index is 1.47. The second-order valence-electron chi connectivity index (χ2n) is 7.29. The van der Waals surface area contributed by atoms with Crippen molar-refractivity contribution in [3.63, 3.8) is 0 Å². The fraction of sp³-hybridized carbons (Fsp3) is 0.167. The minimum Gasteiger partial charge on any atom is -0.461 e. The van der Waals surface area contributed by atoms with E-state index in [4.69, 9.17) is 16.0 Å². The van der Waals surface area contributed by atoms with Gasteiger partial charge in [-0.1, -0.05) is 53.6 Å². The summed E-state index contributed by atoms with van der Waals surface area (Å²) >= 11 is 7.67. The van der Waals surface area contributed by atoms with E-state index in [2.05, 4.69) is 16.4 Å². The average molecular weight is 437 g/mol. The fourth-order valence-corrected chi connectivity index (χ4v) is 4.17. The number of benzene rings is 2. The Hall–Kier alpha value is -2.89. The van der Waals surface area contributed by atoms with Crippen LogP contribution in [0.3, 0.4) is 0 Å². The molecule has 4 aromatic rings. The molecule has 4 rings (SSSR count). The number of nitrogens with zero attached hydrogens (tertiary/aromatic N) is 1. The van der Waals surface area contributed by atoms with E-state index < -0.39 is 0 Å². The molecule has 152 valence electrons. The smallest absolute Gasteiger partial charge is 0.261 e. The topological polar surface area (TPSA) is 55.1 Å². The highest BCUT2D eigenvalue weighted by atomic mass is 35.5. The van der Waals surface area contributed by atoms with Gasteiger partial charge in [0, 0.05) is 28.1 Å². The summed E-state index contributed by atoms with van der Waals surface area (Å²) < 4.78 is 5.81. The summed E-state index contributed by atoms with van der Waals surface area (Å²) in [7, 11) is 0. The summed E-state index contributed by atoms with van der Waals surface area (Å²) in [5.74, 6) is 1.02. The molecule has 30 heavy (non-hydrogen) atoms. The lowest BCUT2D eigenvalue weighted by Crippen LogP contribution is -2.11. The molecular formula is C24H21ClN2O2S. The van der Waals surface area contributed by atoms with Gasteiger partial charge in [0.2, 0.25) is 0 Å². The quantitative estimate of drug-likeness (QED) is 0.373. The van der Waals surface area contributed by atoms with Crippen LogP contribution >= 0.6 is 22.9 Å². The first kappa shape index (κ1) is 20.4. The van der Waals surface area contributed by atoms with Gasteiger partial charge in [-0.2, -0.15) is 0 Å². The Morgan fingerprint density at radius 3 is 2.60 bits per heavy atom. The van der Waals surface area contributed by atoms with E-state index in [1.807, 2.05) is 50.2 Å². The average Bonchev–Trinajstić information content (AvgIpc) is 3.31. The minimum absolute atomic E-state index is 0.228. The Kier molecular flexibility index (Phi) is 5.75. The number of nitrogens with one attached hydrogen (secondary N) is 1. The molecule has 1 N–H and O–H groups in total. The summed E-state index contributed by atoms with van der Waals surface area (Å²) in [6, 6.07) is 15.8. The Bertz CT molecular complexity index is 1210. The minimum atomic E-state index is -0.228. The third-order valence-electron chi connectivity index (χ3n) is 4.89. The maximum absolute atomic E-state index is 12.8. The highest BCUT2D eigenvalue weighted by Gasteiger charge is 2.17. The summed E-state index contributed by atoms with van der Waals surface area (Å²) in [5.41, 5.74) is 4.79. The van der Waals surface area contributed by atoms with Crippen molar-refractivity contribution in [2.45, 2.75) is 27.2 Å². The molecule has 0 aliphatic rings. The van der Waals surface area contributed by atoms with Gasteiger partial charge in [-0.3, -0.25) is 10.1 Å². The zero-order chi connectivity index (χ0) is 21.3. The number of rotatable bonds is 5. The fourth-order valence-electron chi connectivity index (χ4n) is 3.13. The third kappa shape index (κ3) is 4.48. The van der Waals surface area contributed by atoms with Gasteiger partial charge in [-0.05, 0) is 44.0 Å². The number of aromatic nitrogens is 1. The maximum atomic E-state index is 12.8. The number of carbonyl (C=O) groups excluding carboxylic acids is 1. The summed E-state index contributed by atoms with van der Waals surface area (Å²) in [4.78, 5) is 18.2. The van der Waals surface area contributed by atoms with Crippen molar-refractivity contribution in [2.24, 2.45) is 0 Å². The zero-order valence-electron chi connectivity index (χ0n) is 17.0. The highest BCUT2D eigenvalue weighted by molar-refractivity contribution is 7.15. The number of furan rings is 1. The molecule has 4 nitrogen and oxygen atoms in total.